The molecule has 1 rings (SSSR count). The topological polar surface area (TPSA) is 45.0 Å². The van der Waals surface area contributed by atoms with Crippen molar-refractivity contribution in [3.63, 3.8) is 0 Å². The first-order valence-electron chi connectivity index (χ1n) is 6.00. The molecule has 0 radical (unpaired) electrons. The Balaban J connectivity index is 2.12. The second-order valence-corrected chi connectivity index (χ2v) is 4.45. The zero-order valence-corrected chi connectivity index (χ0v) is 10.6. The lowest BCUT2D eigenvalue weighted by Crippen LogP contribution is -2.20. The van der Waals surface area contributed by atoms with Gasteiger partial charge in [-0.05, 0) is 23.6 Å². The predicted octanol–water partition coefficient (Wildman–Crippen LogP) is 2.32. The molecule has 0 heterocycles. The summed E-state index contributed by atoms with van der Waals surface area (Å²) in [5.41, 5.74) is 1.89. The maximum Gasteiger partial charge on any atom is 0.0991 e. The highest BCUT2D eigenvalue weighted by atomic mass is 16.5. The van der Waals surface area contributed by atoms with E-state index >= 15 is 0 Å². The molecular formula is C14H20N2O. The zero-order valence-electron chi connectivity index (χ0n) is 10.6. The third kappa shape index (κ3) is 6.06. The van der Waals surface area contributed by atoms with Gasteiger partial charge in [0.1, 0.15) is 0 Å². The monoisotopic (exact) mass is 232 g/mol. The van der Waals surface area contributed by atoms with Gasteiger partial charge in [0.15, 0.2) is 0 Å². The van der Waals surface area contributed by atoms with Crippen LogP contribution in [0.2, 0.25) is 0 Å². The Morgan fingerprint density at radius 3 is 2.59 bits per heavy atom. The molecule has 17 heavy (non-hydrogen) atoms. The zero-order chi connectivity index (χ0) is 12.5. The Bertz CT molecular complexity index is 351. The first-order valence-corrected chi connectivity index (χ1v) is 6.00. The van der Waals surface area contributed by atoms with E-state index in [4.69, 9.17) is 10.00 Å². The number of hydrogen-bond donors (Lipinski definition) is 1. The van der Waals surface area contributed by atoms with Gasteiger partial charge in [0, 0.05) is 19.7 Å². The highest BCUT2D eigenvalue weighted by Crippen LogP contribution is 2.02. The molecule has 92 valence electrons. The van der Waals surface area contributed by atoms with Crippen LogP contribution in [0.15, 0.2) is 24.3 Å². The maximum absolute atomic E-state index is 8.66. The summed E-state index contributed by atoms with van der Waals surface area (Å²) in [5, 5.41) is 12.0. The van der Waals surface area contributed by atoms with Crippen LogP contribution < -0.4 is 5.32 Å². The minimum absolute atomic E-state index is 0.591. The van der Waals surface area contributed by atoms with E-state index < -0.39 is 0 Å². The van der Waals surface area contributed by atoms with Crippen molar-refractivity contribution in [2.45, 2.75) is 20.4 Å². The van der Waals surface area contributed by atoms with Gasteiger partial charge < -0.3 is 10.1 Å². The predicted molar refractivity (Wildman–Crippen MR) is 68.5 cm³/mol. The van der Waals surface area contributed by atoms with Crippen LogP contribution in [-0.4, -0.2) is 19.8 Å². The van der Waals surface area contributed by atoms with Crippen LogP contribution in [0.5, 0.6) is 0 Å². The number of nitriles is 1. The van der Waals surface area contributed by atoms with Crippen LogP contribution in [0.25, 0.3) is 0 Å². The molecular weight excluding hydrogens is 212 g/mol. The van der Waals surface area contributed by atoms with E-state index in [9.17, 15) is 0 Å². The standard InChI is InChI=1S/C14H20N2O/c1-12(2)11-17-8-7-16-10-14-5-3-13(9-15)4-6-14/h3-6,12,16H,7-8,10-11H2,1-2H3. The Hall–Kier alpha value is -1.37. The minimum atomic E-state index is 0.591. The van der Waals surface area contributed by atoms with Crippen LogP contribution >= 0.6 is 0 Å². The molecule has 3 heteroatoms. The van der Waals surface area contributed by atoms with Crippen LogP contribution in [0.1, 0.15) is 25.0 Å². The lowest BCUT2D eigenvalue weighted by atomic mass is 10.1. The smallest absolute Gasteiger partial charge is 0.0991 e. The third-order valence-electron chi connectivity index (χ3n) is 2.29. The quantitative estimate of drug-likeness (QED) is 0.734. The SMILES string of the molecule is CC(C)COCCNCc1ccc(C#N)cc1. The number of benzene rings is 1. The van der Waals surface area contributed by atoms with E-state index in [-0.39, 0.29) is 0 Å². The van der Waals surface area contributed by atoms with E-state index in [0.717, 1.165) is 26.3 Å². The first kappa shape index (κ1) is 13.7. The fourth-order valence-corrected chi connectivity index (χ4v) is 1.39. The van der Waals surface area contributed by atoms with Gasteiger partial charge in [-0.3, -0.25) is 0 Å². The van der Waals surface area contributed by atoms with Crippen molar-refractivity contribution >= 4 is 0 Å². The van der Waals surface area contributed by atoms with Crippen molar-refractivity contribution in [1.29, 1.82) is 5.26 Å². The molecule has 0 saturated heterocycles. The fraction of sp³-hybridized carbons (Fsp3) is 0.500. The lowest BCUT2D eigenvalue weighted by molar-refractivity contribution is 0.111. The second-order valence-electron chi connectivity index (χ2n) is 4.45. The highest BCUT2D eigenvalue weighted by molar-refractivity contribution is 5.31. The van der Waals surface area contributed by atoms with Gasteiger partial charge in [0.25, 0.3) is 0 Å². The molecule has 0 bridgehead atoms. The number of nitrogens with one attached hydrogen (secondary N) is 1. The molecule has 0 aliphatic rings. The number of rotatable bonds is 7. The van der Waals surface area contributed by atoms with Crippen molar-refractivity contribution in [2.75, 3.05) is 19.8 Å². The summed E-state index contributed by atoms with van der Waals surface area (Å²) < 4.78 is 5.46. The Labute approximate surface area is 103 Å². The van der Waals surface area contributed by atoms with Crippen molar-refractivity contribution in [3.8, 4) is 6.07 Å². The highest BCUT2D eigenvalue weighted by Gasteiger charge is 1.95. The number of hydrogen-bond acceptors (Lipinski definition) is 3. The summed E-state index contributed by atoms with van der Waals surface area (Å²) >= 11 is 0. The molecule has 1 N–H and O–H groups in total. The molecule has 0 amide bonds. The van der Waals surface area contributed by atoms with Gasteiger partial charge in [0.05, 0.1) is 18.2 Å². The molecule has 0 saturated carbocycles. The summed E-state index contributed by atoms with van der Waals surface area (Å²) in [6, 6.07) is 9.73. The average Bonchev–Trinajstić information content (AvgIpc) is 2.34. The van der Waals surface area contributed by atoms with Crippen LogP contribution in [-0.2, 0) is 11.3 Å². The van der Waals surface area contributed by atoms with Gasteiger partial charge >= 0.3 is 0 Å². The molecule has 3 nitrogen and oxygen atoms in total. The number of ether oxygens (including phenoxy) is 1. The Morgan fingerprint density at radius 1 is 1.29 bits per heavy atom. The van der Waals surface area contributed by atoms with E-state index in [1.165, 1.54) is 5.56 Å². The normalized spacial score (nSPS) is 10.5. The number of nitrogens with zero attached hydrogens (tertiary/aromatic N) is 1. The van der Waals surface area contributed by atoms with Crippen LogP contribution in [0.4, 0.5) is 0 Å². The van der Waals surface area contributed by atoms with Gasteiger partial charge in [-0.2, -0.15) is 5.26 Å². The summed E-state index contributed by atoms with van der Waals surface area (Å²) in [7, 11) is 0. The molecule has 0 unspecified atom stereocenters. The van der Waals surface area contributed by atoms with Crippen LogP contribution in [0.3, 0.4) is 0 Å². The fourth-order valence-electron chi connectivity index (χ4n) is 1.39. The van der Waals surface area contributed by atoms with Gasteiger partial charge in [-0.15, -0.1) is 0 Å². The molecule has 1 aromatic rings. The third-order valence-corrected chi connectivity index (χ3v) is 2.29. The van der Waals surface area contributed by atoms with E-state index in [0.29, 0.717) is 11.5 Å². The lowest BCUT2D eigenvalue weighted by Gasteiger charge is -2.08. The van der Waals surface area contributed by atoms with E-state index in [1.807, 2.05) is 24.3 Å². The molecule has 0 fully saturated rings. The van der Waals surface area contributed by atoms with Crippen LogP contribution in [0, 0.1) is 17.2 Å². The molecule has 0 aliphatic heterocycles. The Morgan fingerprint density at radius 2 is 2.00 bits per heavy atom. The molecule has 1 aromatic carbocycles. The summed E-state index contributed by atoms with van der Waals surface area (Å²) in [5.74, 6) is 0.591. The van der Waals surface area contributed by atoms with E-state index in [2.05, 4.69) is 25.2 Å². The molecule has 0 atom stereocenters. The van der Waals surface area contributed by atoms with Crippen molar-refractivity contribution < 1.29 is 4.74 Å². The molecule has 0 spiro atoms. The van der Waals surface area contributed by atoms with Crippen molar-refractivity contribution in [2.24, 2.45) is 5.92 Å². The Kier molecular flexibility index (Phi) is 6.31. The average molecular weight is 232 g/mol. The summed E-state index contributed by atoms with van der Waals surface area (Å²) in [4.78, 5) is 0. The maximum atomic E-state index is 8.66. The van der Waals surface area contributed by atoms with Crippen molar-refractivity contribution in [1.82, 2.24) is 5.32 Å². The second kappa shape index (κ2) is 7.83. The van der Waals surface area contributed by atoms with E-state index in [1.54, 1.807) is 0 Å². The van der Waals surface area contributed by atoms with Gasteiger partial charge in [-0.1, -0.05) is 26.0 Å². The van der Waals surface area contributed by atoms with Gasteiger partial charge in [0.2, 0.25) is 0 Å². The summed E-state index contributed by atoms with van der Waals surface area (Å²) in [6.45, 7) is 7.52. The van der Waals surface area contributed by atoms with Gasteiger partial charge in [-0.25, -0.2) is 0 Å². The van der Waals surface area contributed by atoms with Crippen molar-refractivity contribution in [3.05, 3.63) is 35.4 Å². The molecule has 0 aromatic heterocycles. The first-order chi connectivity index (χ1) is 8.22. The largest absolute Gasteiger partial charge is 0.380 e. The minimum Gasteiger partial charge on any atom is -0.380 e. The summed E-state index contributed by atoms with van der Waals surface area (Å²) in [6.07, 6.45) is 0. The molecule has 0 aliphatic carbocycles.